The third-order valence-corrected chi connectivity index (χ3v) is 17.7. The van der Waals surface area contributed by atoms with E-state index in [9.17, 15) is 122 Å². The van der Waals surface area contributed by atoms with E-state index in [2.05, 4.69) is 10.6 Å². The zero-order valence-corrected chi connectivity index (χ0v) is 49.9. The molecule has 24 aliphatic heterocycles. The number of aliphatic hydroxyl groups excluding tert-OH is 22. The lowest BCUT2D eigenvalue weighted by atomic mass is 9.94. The lowest BCUT2D eigenvalue weighted by molar-refractivity contribution is -0.406. The van der Waals surface area contributed by atoms with Crippen LogP contribution in [0, 0.1) is 0 Å². The van der Waals surface area contributed by atoms with E-state index < -0.39 is 310 Å². The summed E-state index contributed by atoms with van der Waals surface area (Å²) in [6.07, 6.45) is -78.6. The highest BCUT2D eigenvalue weighted by Crippen LogP contribution is 2.39. The van der Waals surface area contributed by atoms with E-state index in [4.69, 9.17) is 75.8 Å². The quantitative estimate of drug-likeness (QED) is 0.0768. The molecule has 24 aliphatic rings. The number of carbonyl (C=O) groups excluding carboxylic acids is 2. The van der Waals surface area contributed by atoms with Gasteiger partial charge < -0.3 is 199 Å². The molecule has 24 saturated heterocycles. The Morgan fingerprint density at radius 2 is 0.468 bits per heavy atom. The van der Waals surface area contributed by atoms with Gasteiger partial charge in [0.2, 0.25) is 11.8 Å². The molecule has 544 valence electrons. The first-order valence-corrected chi connectivity index (χ1v) is 30.1. The number of hydrogen-bond acceptors (Lipinski definition) is 40. The molecule has 0 aliphatic carbocycles. The van der Waals surface area contributed by atoms with Crippen LogP contribution in [0.4, 0.5) is 0 Å². The normalized spacial score (nSPS) is 52.2. The minimum atomic E-state index is -2.35. The lowest BCUT2D eigenvalue weighted by Crippen LogP contribution is -2.69. The van der Waals surface area contributed by atoms with Crippen molar-refractivity contribution in [2.45, 2.75) is 259 Å². The smallest absolute Gasteiger partial charge is 0.217 e. The first kappa shape index (κ1) is 75.6. The van der Waals surface area contributed by atoms with Crippen LogP contribution in [0.25, 0.3) is 0 Å². The molecule has 2 amide bonds. The van der Waals surface area contributed by atoms with E-state index in [0.29, 0.717) is 0 Å². The average molecular weight is 1380 g/mol. The van der Waals surface area contributed by atoms with Gasteiger partial charge in [0.1, 0.15) is 195 Å². The number of rotatable bonds is 14. The van der Waals surface area contributed by atoms with E-state index in [-0.39, 0.29) is 0 Å². The van der Waals surface area contributed by atoms with Gasteiger partial charge in [-0.15, -0.1) is 0 Å². The molecule has 24 fully saturated rings. The van der Waals surface area contributed by atoms with Crippen LogP contribution in [-0.4, -0.2) is 423 Å². The Balaban J connectivity index is 1.04. The number of aliphatic hydroxyl groups is 22. The first-order valence-electron chi connectivity index (χ1n) is 30.1. The molecule has 40 atom stereocenters. The van der Waals surface area contributed by atoms with Crippen molar-refractivity contribution in [2.75, 3.05) is 52.9 Å². The predicted octanol–water partition coefficient (Wildman–Crippen LogP) is -17.1. The van der Waals surface area contributed by atoms with Crippen molar-refractivity contribution in [3.63, 3.8) is 0 Å². The van der Waals surface area contributed by atoms with Gasteiger partial charge in [-0.25, -0.2) is 0 Å². The van der Waals surface area contributed by atoms with Crippen LogP contribution in [0.2, 0.25) is 0 Å². The van der Waals surface area contributed by atoms with E-state index >= 15 is 0 Å². The SMILES string of the molecule is CC(=O)N[C@H]1[C@H](OC[C@H]2O[C@@H]3O[C@H]4[C@H](O)[C@@H](O)[C@@H](O[C@H]5[C@H](O)[C@@H](O)[C@@H](O[C@H]6[C@H](O)[C@@H](O)[C@@H](O[C@H]7[C@H](O)[C@@H](O)[C@@H](O[C@H]8[C@H](O)[C@@H](O)[C@@H](O[C@H]2[C@H](O)[C@H]3O)O[C@@H]8CO)O[C@@H]7CO)O[C@@H]6CO[C@@H]2O[C@H](CO)[C@@H](O)[C@H](O)[C@H]2NC(C)=O)O[C@@H]5CO)O[C@@H]4CO)O[C@H](CO)[C@@H](O)[C@@H]1O. The van der Waals surface area contributed by atoms with E-state index in [1.807, 2.05) is 0 Å². The molecule has 94 heavy (non-hydrogen) atoms. The van der Waals surface area contributed by atoms with Crippen molar-refractivity contribution >= 4 is 11.8 Å². The van der Waals surface area contributed by atoms with Gasteiger partial charge in [0.05, 0.1) is 52.9 Å². The Morgan fingerprint density at radius 3 is 0.670 bits per heavy atom. The Kier molecular flexibility index (Phi) is 26.1. The van der Waals surface area contributed by atoms with Crippen molar-refractivity contribution < 1.29 is 198 Å². The molecule has 0 aromatic heterocycles. The Labute approximate surface area is 531 Å². The molecule has 0 aromatic rings. The number of carbonyl (C=O) groups is 2. The van der Waals surface area contributed by atoms with E-state index in [0.717, 1.165) is 13.8 Å². The Hall–Kier alpha value is -2.58. The van der Waals surface area contributed by atoms with Crippen molar-refractivity contribution in [2.24, 2.45) is 0 Å². The molecule has 24 N–H and O–H groups in total. The summed E-state index contributed by atoms with van der Waals surface area (Å²) in [6, 6.07) is -3.21. The number of ether oxygens (including phenoxy) is 16. The van der Waals surface area contributed by atoms with Gasteiger partial charge in [-0.1, -0.05) is 0 Å². The summed E-state index contributed by atoms with van der Waals surface area (Å²) in [5.74, 6) is -1.56. The summed E-state index contributed by atoms with van der Waals surface area (Å²) < 4.78 is 93.8. The summed E-state index contributed by atoms with van der Waals surface area (Å²) in [5, 5.41) is 251. The fraction of sp³-hybridized carbons (Fsp3) is 0.962. The summed E-state index contributed by atoms with van der Waals surface area (Å²) in [7, 11) is 0. The van der Waals surface area contributed by atoms with E-state index in [1.54, 1.807) is 0 Å². The van der Waals surface area contributed by atoms with Gasteiger partial charge in [0.15, 0.2) is 50.3 Å². The highest BCUT2D eigenvalue weighted by atomic mass is 16.8. The molecule has 0 aromatic carbocycles. The highest BCUT2D eigenvalue weighted by molar-refractivity contribution is 5.73. The maximum absolute atomic E-state index is 12.3. The molecule has 0 radical (unpaired) electrons. The van der Waals surface area contributed by atoms with Gasteiger partial charge in [0, 0.05) is 13.8 Å². The largest absolute Gasteiger partial charge is 0.394 e. The van der Waals surface area contributed by atoms with Crippen LogP contribution in [-0.2, 0) is 85.4 Å². The molecular formula is C52H86N2O40. The van der Waals surface area contributed by atoms with Crippen molar-refractivity contribution in [1.82, 2.24) is 10.6 Å². The number of nitrogens with one attached hydrogen (secondary N) is 2. The van der Waals surface area contributed by atoms with Crippen LogP contribution in [0.3, 0.4) is 0 Å². The first-order chi connectivity index (χ1) is 44.6. The van der Waals surface area contributed by atoms with E-state index in [1.165, 1.54) is 0 Å². The van der Waals surface area contributed by atoms with Crippen molar-refractivity contribution in [3.8, 4) is 0 Å². The fourth-order valence-corrected chi connectivity index (χ4v) is 12.5. The summed E-state index contributed by atoms with van der Waals surface area (Å²) in [6.45, 7) is -6.24. The van der Waals surface area contributed by atoms with Gasteiger partial charge in [0.25, 0.3) is 0 Å². The minimum Gasteiger partial charge on any atom is -0.394 e. The molecule has 24 rings (SSSR count). The fourth-order valence-electron chi connectivity index (χ4n) is 12.5. The monoisotopic (exact) mass is 1380 g/mol. The van der Waals surface area contributed by atoms with Crippen LogP contribution < -0.4 is 10.6 Å². The third kappa shape index (κ3) is 15.6. The lowest BCUT2D eigenvalue weighted by Gasteiger charge is -2.51. The molecule has 42 nitrogen and oxygen atoms in total. The Bertz CT molecular complexity index is 2230. The zero-order chi connectivity index (χ0) is 68.6. The standard InChI is InChI=1S/C52H86N2O40/c1-11(61)53-21-25(65)23(63)13(3-55)81-45(21)79-9-19-43-31(71)37(77)51(87-19)91-41-17(7-59)83-47(33(73)27(41)67)90-40-16(6-58)86-50(36(76)30(40)70)94-44-20(10-80-46-22(54-12(2)62)26(66)24(64)14(4-56)82-46)88-52(38(78)32(44)72)92-42-18(8-60)84-48(34(74)28(42)68)89-39-15(5-57)85-49(93-43)35(75)29(39)69/h13-52,55-60,63-78H,3-10H2,1-2H3,(H,53,61)(H,54,62)/t13-,14-,15-,16-,17-,18-,19-,20-,21-,22-,23-,24-,25-,26-,27-,28-,29-,30-,31-,32-,33-,34-,35-,36-,37-,38-,39-,40-,41-,42-,43-,44-,45-,46-,47-,48-,49-,50-,51-,52-/m1/s1. The molecule has 0 spiro atoms. The molecule has 0 saturated carbocycles. The van der Waals surface area contributed by atoms with Gasteiger partial charge in [-0.3, -0.25) is 9.59 Å². The average Bonchev–Trinajstić information content (AvgIpc) is 0.779. The second-order valence-corrected chi connectivity index (χ2v) is 24.0. The topological polar surface area (TPSA) is 651 Å². The summed E-state index contributed by atoms with van der Waals surface area (Å²) in [5.41, 5.74) is 0. The summed E-state index contributed by atoms with van der Waals surface area (Å²) >= 11 is 0. The summed E-state index contributed by atoms with van der Waals surface area (Å²) in [4.78, 5) is 24.6. The molecule has 42 heteroatoms. The van der Waals surface area contributed by atoms with Gasteiger partial charge >= 0.3 is 0 Å². The van der Waals surface area contributed by atoms with Crippen LogP contribution in [0.15, 0.2) is 0 Å². The second-order valence-electron chi connectivity index (χ2n) is 24.0. The van der Waals surface area contributed by atoms with Crippen LogP contribution in [0.5, 0.6) is 0 Å². The molecule has 0 unspecified atom stereocenters. The van der Waals surface area contributed by atoms with Crippen LogP contribution >= 0.6 is 0 Å². The van der Waals surface area contributed by atoms with Crippen LogP contribution in [0.1, 0.15) is 13.8 Å². The maximum atomic E-state index is 12.3. The minimum absolute atomic E-state index is 0.780. The number of hydrogen-bond donors (Lipinski definition) is 24. The van der Waals surface area contributed by atoms with Gasteiger partial charge in [-0.05, 0) is 0 Å². The number of amides is 2. The molecular weight excluding hydrogens is 1290 g/mol. The molecule has 12 bridgehead atoms. The van der Waals surface area contributed by atoms with Gasteiger partial charge in [-0.2, -0.15) is 0 Å². The zero-order valence-electron chi connectivity index (χ0n) is 49.9. The Morgan fingerprint density at radius 1 is 0.266 bits per heavy atom. The third-order valence-electron chi connectivity index (χ3n) is 17.7. The van der Waals surface area contributed by atoms with Crippen molar-refractivity contribution in [1.29, 1.82) is 0 Å². The van der Waals surface area contributed by atoms with Crippen molar-refractivity contribution in [3.05, 3.63) is 0 Å². The maximum Gasteiger partial charge on any atom is 0.217 e. The predicted molar refractivity (Wildman–Crippen MR) is 284 cm³/mol. The second kappa shape index (κ2) is 32.4. The molecule has 24 heterocycles. The highest BCUT2D eigenvalue weighted by Gasteiger charge is 2.60.